The predicted octanol–water partition coefficient (Wildman–Crippen LogP) is 9.79. The first-order valence-corrected chi connectivity index (χ1v) is 19.4. The maximum absolute atomic E-state index is 13.9. The van der Waals surface area contributed by atoms with Gasteiger partial charge in [-0.25, -0.2) is 4.39 Å². The zero-order valence-corrected chi connectivity index (χ0v) is 32.4. The Kier molecular flexibility index (Phi) is 17.4. The van der Waals surface area contributed by atoms with Gasteiger partial charge in [-0.1, -0.05) is 89.3 Å². The molecule has 0 radical (unpaired) electrons. The Bertz CT molecular complexity index is 1430. The number of hydrogen-bond acceptors (Lipinski definition) is 6. The summed E-state index contributed by atoms with van der Waals surface area (Å²) in [5.41, 5.74) is 3.43. The van der Waals surface area contributed by atoms with Gasteiger partial charge in [-0.05, 0) is 62.5 Å². The largest absolute Gasteiger partial charge is 0.463 e. The zero-order valence-electron chi connectivity index (χ0n) is 30.5. The maximum Gasteiger partial charge on any atom is 0.318 e. The summed E-state index contributed by atoms with van der Waals surface area (Å²) in [4.78, 5) is 26.4. The number of aromatic nitrogens is 2. The minimum absolute atomic E-state index is 0.0800. The fraction of sp³-hybridized carbons (Fsp3) is 0.641. The van der Waals surface area contributed by atoms with E-state index in [0.29, 0.717) is 38.8 Å². The van der Waals surface area contributed by atoms with Gasteiger partial charge in [-0.3, -0.25) is 9.18 Å². The van der Waals surface area contributed by atoms with Gasteiger partial charge in [0.15, 0.2) is 5.83 Å². The highest BCUT2D eigenvalue weighted by atomic mass is 35.5. The van der Waals surface area contributed by atoms with E-state index in [2.05, 4.69) is 53.6 Å². The van der Waals surface area contributed by atoms with E-state index < -0.39 is 17.8 Å². The van der Waals surface area contributed by atoms with E-state index in [1.165, 1.54) is 17.7 Å². The Morgan fingerprint density at radius 3 is 2.44 bits per heavy atom. The summed E-state index contributed by atoms with van der Waals surface area (Å²) in [7, 11) is 3.56. The monoisotopic (exact) mass is 731 g/mol. The molecule has 0 spiro atoms. The van der Waals surface area contributed by atoms with E-state index >= 15 is 0 Å². The van der Waals surface area contributed by atoms with Crippen LogP contribution in [0.2, 0.25) is 5.02 Å². The van der Waals surface area contributed by atoms with Crippen LogP contribution in [0.3, 0.4) is 0 Å². The summed E-state index contributed by atoms with van der Waals surface area (Å²) >= 11 is 6.51. The Hall–Kier alpha value is -2.82. The fourth-order valence-corrected chi connectivity index (χ4v) is 8.49. The number of carbonyl (C=O) groups excluding carboxylic acids is 1. The van der Waals surface area contributed by atoms with E-state index in [1.54, 1.807) is 0 Å². The molecule has 1 aliphatic carbocycles. The molecule has 2 aliphatic rings. The average molecular weight is 732 g/mol. The fourth-order valence-electron chi connectivity index (χ4n) is 7.60. The lowest BCUT2D eigenvalue weighted by Crippen LogP contribution is -2.55. The highest BCUT2D eigenvalue weighted by Gasteiger charge is 2.37. The van der Waals surface area contributed by atoms with Crippen molar-refractivity contribution in [3.8, 4) is 12.1 Å². The molecular formula is C39H57ClF2N5O2P. The zero-order chi connectivity index (χ0) is 36.7. The highest BCUT2D eigenvalue weighted by molar-refractivity contribution is 7.17. The Morgan fingerprint density at radius 1 is 1.12 bits per heavy atom. The number of unbranched alkanes of at least 4 members (excludes halogenated alkanes) is 2. The van der Waals surface area contributed by atoms with E-state index in [9.17, 15) is 18.8 Å². The van der Waals surface area contributed by atoms with Crippen molar-refractivity contribution < 1.29 is 18.3 Å². The van der Waals surface area contributed by atoms with Crippen LogP contribution in [0.25, 0.3) is 0 Å². The van der Waals surface area contributed by atoms with Crippen molar-refractivity contribution in [2.75, 3.05) is 38.3 Å². The topological polar surface area (TPSA) is 82.3 Å². The second-order valence-corrected chi connectivity index (χ2v) is 14.9. The molecular weight excluding hydrogens is 675 g/mol. The van der Waals surface area contributed by atoms with Gasteiger partial charge in [-0.2, -0.15) is 15.2 Å². The molecule has 50 heavy (non-hydrogen) atoms. The van der Waals surface area contributed by atoms with Crippen molar-refractivity contribution in [1.29, 1.82) is 5.26 Å². The SMILES string of the molecule is C=C(F)C(=O)N1CCN(c2nc(OCC(CCC)(CCCC)CCCC)nc3c2CCC(CCc2ccccc2Cl)C3P)CC1CC#N.CF. The van der Waals surface area contributed by atoms with Crippen LogP contribution in [0.15, 0.2) is 36.7 Å². The van der Waals surface area contributed by atoms with Gasteiger partial charge >= 0.3 is 6.01 Å². The van der Waals surface area contributed by atoms with Crippen molar-refractivity contribution in [3.05, 3.63) is 58.5 Å². The molecule has 1 aromatic heterocycles. The van der Waals surface area contributed by atoms with Gasteiger partial charge in [0.2, 0.25) is 0 Å². The number of piperazine rings is 1. The molecule has 4 rings (SSSR count). The van der Waals surface area contributed by atoms with Gasteiger partial charge in [0.1, 0.15) is 5.82 Å². The summed E-state index contributed by atoms with van der Waals surface area (Å²) in [6.07, 6.45) is 12.9. The van der Waals surface area contributed by atoms with Crippen LogP contribution in [-0.4, -0.2) is 60.2 Å². The van der Waals surface area contributed by atoms with Crippen LogP contribution in [0.4, 0.5) is 14.6 Å². The minimum atomic E-state index is -1.00. The molecule has 2 heterocycles. The van der Waals surface area contributed by atoms with Crippen LogP contribution >= 0.6 is 20.8 Å². The number of carbonyl (C=O) groups is 1. The maximum atomic E-state index is 13.9. The van der Waals surface area contributed by atoms with Crippen LogP contribution in [-0.2, 0) is 17.6 Å². The number of nitrogens with zero attached hydrogens (tertiary/aromatic N) is 5. The molecule has 1 aliphatic heterocycles. The molecule has 4 atom stereocenters. The first-order valence-electron chi connectivity index (χ1n) is 18.3. The normalized spacial score (nSPS) is 18.8. The standard InChI is InChI=1S/C38H54ClFN5O2P.CH3F/c1-5-8-20-38(19-7-3,21-9-6-2)26-47-37-42-33-31(17-16-29(34(33)48)15-14-28-12-10-11-13-32(28)39)35(43-37)44-23-24-45(36(46)27(4)40)30(25-44)18-22-41;1-2/h10-13,29-30,34H,4-9,14-21,23-26,48H2,1-3H3;1H3. The quantitative estimate of drug-likeness (QED) is 0.119. The Balaban J connectivity index is 0.00000332. The number of amides is 1. The third kappa shape index (κ3) is 10.8. The molecule has 1 saturated heterocycles. The lowest BCUT2D eigenvalue weighted by molar-refractivity contribution is -0.131. The summed E-state index contributed by atoms with van der Waals surface area (Å²) < 4.78 is 30.1. The molecule has 0 N–H and O–H groups in total. The van der Waals surface area contributed by atoms with Gasteiger partial charge in [0, 0.05) is 41.3 Å². The molecule has 0 bridgehead atoms. The lowest BCUT2D eigenvalue weighted by atomic mass is 9.75. The first kappa shape index (κ1) is 41.6. The molecule has 2 aromatic rings. The van der Waals surface area contributed by atoms with E-state index in [0.717, 1.165) is 91.9 Å². The van der Waals surface area contributed by atoms with Gasteiger partial charge < -0.3 is 14.5 Å². The van der Waals surface area contributed by atoms with Crippen molar-refractivity contribution in [2.24, 2.45) is 11.3 Å². The lowest BCUT2D eigenvalue weighted by Gasteiger charge is -2.42. The molecule has 7 nitrogen and oxygen atoms in total. The number of alkyl halides is 1. The average Bonchev–Trinajstić information content (AvgIpc) is 3.13. The highest BCUT2D eigenvalue weighted by Crippen LogP contribution is 2.46. The van der Waals surface area contributed by atoms with Crippen LogP contribution in [0, 0.1) is 22.7 Å². The number of benzene rings is 1. The number of anilines is 1. The molecule has 4 unspecified atom stereocenters. The molecule has 0 saturated carbocycles. The Labute approximate surface area is 306 Å². The predicted molar refractivity (Wildman–Crippen MR) is 203 cm³/mol. The van der Waals surface area contributed by atoms with Crippen molar-refractivity contribution in [1.82, 2.24) is 14.9 Å². The molecule has 1 amide bonds. The van der Waals surface area contributed by atoms with Gasteiger partial charge in [-0.15, -0.1) is 9.24 Å². The van der Waals surface area contributed by atoms with Crippen molar-refractivity contribution in [2.45, 2.75) is 116 Å². The van der Waals surface area contributed by atoms with Crippen LogP contribution in [0.5, 0.6) is 6.01 Å². The number of nitriles is 1. The number of hydrogen-bond donors (Lipinski definition) is 0. The number of halogens is 3. The van der Waals surface area contributed by atoms with Crippen molar-refractivity contribution >= 4 is 32.6 Å². The summed E-state index contributed by atoms with van der Waals surface area (Å²) in [6.45, 7) is 11.7. The van der Waals surface area contributed by atoms with Crippen LogP contribution in [0.1, 0.15) is 114 Å². The van der Waals surface area contributed by atoms with Crippen molar-refractivity contribution in [3.63, 3.8) is 0 Å². The molecule has 1 aromatic carbocycles. The second-order valence-electron chi connectivity index (χ2n) is 13.8. The second kappa shape index (κ2) is 20.9. The number of ether oxygens (including phenoxy) is 1. The summed E-state index contributed by atoms with van der Waals surface area (Å²) in [5.74, 6) is -0.554. The van der Waals surface area contributed by atoms with Crippen LogP contribution < -0.4 is 9.64 Å². The number of rotatable bonds is 17. The smallest absolute Gasteiger partial charge is 0.318 e. The minimum Gasteiger partial charge on any atom is -0.463 e. The first-order chi connectivity index (χ1) is 24.2. The summed E-state index contributed by atoms with van der Waals surface area (Å²) in [6, 6.07) is 10.2. The third-order valence-corrected chi connectivity index (χ3v) is 11.6. The number of aryl methyl sites for hydroxylation is 1. The third-order valence-electron chi connectivity index (χ3n) is 10.3. The Morgan fingerprint density at radius 2 is 1.82 bits per heavy atom. The van der Waals surface area contributed by atoms with E-state index in [1.807, 2.05) is 18.2 Å². The molecule has 11 heteroatoms. The van der Waals surface area contributed by atoms with Gasteiger partial charge in [0.05, 0.1) is 38.0 Å². The molecule has 276 valence electrons. The number of fused-ring (bicyclic) bond motifs is 1. The molecule has 1 fully saturated rings. The van der Waals surface area contributed by atoms with Gasteiger partial charge in [0.25, 0.3) is 5.91 Å². The summed E-state index contributed by atoms with van der Waals surface area (Å²) in [5, 5.41) is 10.4. The van der Waals surface area contributed by atoms with E-state index in [4.69, 9.17) is 26.3 Å². The van der Waals surface area contributed by atoms with E-state index in [-0.39, 0.29) is 24.0 Å².